The monoisotopic (exact) mass is 310 g/mol. The van der Waals surface area contributed by atoms with Crippen LogP contribution in [0.5, 0.6) is 0 Å². The number of thioether (sulfide) groups is 1. The first-order valence-electron chi connectivity index (χ1n) is 5.64. The lowest BCUT2D eigenvalue weighted by Crippen LogP contribution is -2.14. The molecule has 2 aromatic rings. The Balaban J connectivity index is 2.25. The number of anilines is 1. The number of rotatable bonds is 4. The molecule has 104 valence electrons. The van der Waals surface area contributed by atoms with E-state index in [1.165, 1.54) is 54.3 Å². The third-order valence-corrected chi connectivity index (χ3v) is 4.58. The molecule has 0 bridgehead atoms. The van der Waals surface area contributed by atoms with Gasteiger partial charge in [-0.3, -0.25) is 9.59 Å². The first kappa shape index (κ1) is 14.7. The Morgan fingerprint density at radius 3 is 2.50 bits per heavy atom. The van der Waals surface area contributed by atoms with Crippen molar-refractivity contribution in [3.63, 3.8) is 0 Å². The van der Waals surface area contributed by atoms with Crippen molar-refractivity contribution in [3.8, 4) is 0 Å². The van der Waals surface area contributed by atoms with Gasteiger partial charge in [0.15, 0.2) is 15.9 Å². The number of carbonyl (C=O) groups is 2. The van der Waals surface area contributed by atoms with Crippen molar-refractivity contribution in [1.82, 2.24) is 4.98 Å². The van der Waals surface area contributed by atoms with E-state index in [-0.39, 0.29) is 11.6 Å². The molecule has 1 N–H and O–H groups in total. The summed E-state index contributed by atoms with van der Waals surface area (Å²) < 4.78 is 13.5. The number of halogens is 1. The van der Waals surface area contributed by atoms with E-state index in [1.807, 2.05) is 6.26 Å². The topological polar surface area (TPSA) is 59.1 Å². The molecular formula is C13H11FN2O2S2. The number of amides is 1. The fourth-order valence-electron chi connectivity index (χ4n) is 1.49. The fourth-order valence-corrected chi connectivity index (χ4v) is 2.91. The van der Waals surface area contributed by atoms with Gasteiger partial charge in [-0.1, -0.05) is 11.8 Å². The van der Waals surface area contributed by atoms with E-state index in [1.54, 1.807) is 0 Å². The Labute approximate surface area is 123 Å². The SMILES string of the molecule is CSc1nc(NC(=O)c2ccc(F)cc2)c(C(C)=O)s1. The summed E-state index contributed by atoms with van der Waals surface area (Å²) in [5.41, 5.74) is 0.305. The molecular weight excluding hydrogens is 299 g/mol. The van der Waals surface area contributed by atoms with Crippen LogP contribution in [0.2, 0.25) is 0 Å². The smallest absolute Gasteiger partial charge is 0.256 e. The highest BCUT2D eigenvalue weighted by Gasteiger charge is 2.17. The van der Waals surface area contributed by atoms with Crippen LogP contribution in [0.3, 0.4) is 0 Å². The zero-order chi connectivity index (χ0) is 14.7. The zero-order valence-corrected chi connectivity index (χ0v) is 12.4. The second kappa shape index (κ2) is 6.15. The molecule has 1 amide bonds. The number of nitrogens with zero attached hydrogens (tertiary/aromatic N) is 1. The van der Waals surface area contributed by atoms with E-state index in [0.29, 0.717) is 14.8 Å². The van der Waals surface area contributed by atoms with Gasteiger partial charge in [0.1, 0.15) is 10.7 Å². The molecule has 7 heteroatoms. The molecule has 1 heterocycles. The predicted octanol–water partition coefficient (Wildman–Crippen LogP) is 3.46. The number of thiazole rings is 1. The molecule has 0 aliphatic carbocycles. The van der Waals surface area contributed by atoms with Crippen LogP contribution in [-0.2, 0) is 0 Å². The van der Waals surface area contributed by atoms with Gasteiger partial charge in [-0.15, -0.1) is 11.3 Å². The summed E-state index contributed by atoms with van der Waals surface area (Å²) in [5, 5.41) is 2.59. The minimum atomic E-state index is -0.426. The number of carbonyl (C=O) groups excluding carboxylic acids is 2. The maximum atomic E-state index is 12.8. The van der Waals surface area contributed by atoms with Gasteiger partial charge in [-0.05, 0) is 30.5 Å². The van der Waals surface area contributed by atoms with Gasteiger partial charge >= 0.3 is 0 Å². The normalized spacial score (nSPS) is 10.3. The van der Waals surface area contributed by atoms with Crippen LogP contribution >= 0.6 is 23.1 Å². The van der Waals surface area contributed by atoms with Crippen LogP contribution in [0.4, 0.5) is 10.2 Å². The first-order chi connectivity index (χ1) is 9.51. The molecule has 0 aliphatic heterocycles. The van der Waals surface area contributed by atoms with E-state index in [2.05, 4.69) is 10.3 Å². The van der Waals surface area contributed by atoms with Gasteiger partial charge in [0.05, 0.1) is 0 Å². The second-order valence-electron chi connectivity index (χ2n) is 3.88. The Hall–Kier alpha value is -1.73. The van der Waals surface area contributed by atoms with Crippen LogP contribution in [0, 0.1) is 5.82 Å². The lowest BCUT2D eigenvalue weighted by molar-refractivity contribution is 0.102. The minimum absolute atomic E-state index is 0.155. The van der Waals surface area contributed by atoms with Crippen molar-refractivity contribution in [2.24, 2.45) is 0 Å². The van der Waals surface area contributed by atoms with Gasteiger partial charge in [0.2, 0.25) is 0 Å². The van der Waals surface area contributed by atoms with Gasteiger partial charge in [0.25, 0.3) is 5.91 Å². The summed E-state index contributed by atoms with van der Waals surface area (Å²) in [4.78, 5) is 28.1. The second-order valence-corrected chi connectivity index (χ2v) is 5.93. The molecule has 1 aromatic heterocycles. The summed E-state index contributed by atoms with van der Waals surface area (Å²) in [6.45, 7) is 1.42. The lowest BCUT2D eigenvalue weighted by Gasteiger charge is -2.03. The Morgan fingerprint density at radius 1 is 1.30 bits per heavy atom. The summed E-state index contributed by atoms with van der Waals surface area (Å²) >= 11 is 2.64. The zero-order valence-electron chi connectivity index (χ0n) is 10.8. The minimum Gasteiger partial charge on any atom is -0.305 e. The molecule has 0 saturated carbocycles. The van der Waals surface area contributed by atoms with E-state index >= 15 is 0 Å². The number of benzene rings is 1. The number of hydrogen-bond donors (Lipinski definition) is 1. The van der Waals surface area contributed by atoms with Crippen LogP contribution in [-0.4, -0.2) is 22.9 Å². The maximum absolute atomic E-state index is 12.8. The molecule has 2 rings (SSSR count). The third-order valence-electron chi connectivity index (χ3n) is 2.44. The van der Waals surface area contributed by atoms with Crippen LogP contribution in [0.15, 0.2) is 28.6 Å². The van der Waals surface area contributed by atoms with Crippen LogP contribution in [0.1, 0.15) is 27.0 Å². The first-order valence-corrected chi connectivity index (χ1v) is 7.68. The largest absolute Gasteiger partial charge is 0.305 e. The van der Waals surface area contributed by atoms with Crippen molar-refractivity contribution >= 4 is 40.6 Å². The summed E-state index contributed by atoms with van der Waals surface area (Å²) in [6.07, 6.45) is 1.84. The van der Waals surface area contributed by atoms with Crippen LogP contribution in [0.25, 0.3) is 0 Å². The average Bonchev–Trinajstić information content (AvgIpc) is 2.82. The predicted molar refractivity (Wildman–Crippen MR) is 78.3 cm³/mol. The molecule has 0 aliphatic rings. The van der Waals surface area contributed by atoms with Gasteiger partial charge in [-0.25, -0.2) is 9.37 Å². The van der Waals surface area contributed by atoms with Crippen molar-refractivity contribution < 1.29 is 14.0 Å². The summed E-state index contributed by atoms with van der Waals surface area (Å²) in [7, 11) is 0. The van der Waals surface area contributed by atoms with Crippen molar-refractivity contribution in [1.29, 1.82) is 0 Å². The molecule has 4 nitrogen and oxygen atoms in total. The molecule has 0 fully saturated rings. The number of hydrogen-bond acceptors (Lipinski definition) is 5. The number of ketones is 1. The molecule has 0 spiro atoms. The Morgan fingerprint density at radius 2 is 1.95 bits per heavy atom. The molecule has 1 aromatic carbocycles. The van der Waals surface area contributed by atoms with Gasteiger partial charge in [0, 0.05) is 12.5 Å². The average molecular weight is 310 g/mol. The number of nitrogens with one attached hydrogen (secondary N) is 1. The quantitative estimate of drug-likeness (QED) is 0.694. The fraction of sp³-hybridized carbons (Fsp3) is 0.154. The number of Topliss-reactive ketones (excluding diaryl/α,β-unsaturated/α-hetero) is 1. The van der Waals surface area contributed by atoms with E-state index in [9.17, 15) is 14.0 Å². The van der Waals surface area contributed by atoms with Crippen LogP contribution < -0.4 is 5.32 Å². The summed E-state index contributed by atoms with van der Waals surface area (Å²) in [5.74, 6) is -0.742. The third kappa shape index (κ3) is 3.23. The lowest BCUT2D eigenvalue weighted by atomic mass is 10.2. The van der Waals surface area contributed by atoms with Gasteiger partial charge < -0.3 is 5.32 Å². The molecule has 20 heavy (non-hydrogen) atoms. The number of aromatic nitrogens is 1. The standard InChI is InChI=1S/C13H11FN2O2S2/c1-7(17)10-11(16-13(19-2)20-10)15-12(18)8-3-5-9(14)6-4-8/h3-6H,1-2H3,(H,15,18). The van der Waals surface area contributed by atoms with Crippen molar-refractivity contribution in [2.75, 3.05) is 11.6 Å². The summed E-state index contributed by atoms with van der Waals surface area (Å²) in [6, 6.07) is 5.16. The Kier molecular flexibility index (Phi) is 4.51. The Bertz CT molecular complexity index is 653. The highest BCUT2D eigenvalue weighted by atomic mass is 32.2. The molecule has 0 saturated heterocycles. The highest BCUT2D eigenvalue weighted by Crippen LogP contribution is 2.29. The van der Waals surface area contributed by atoms with Crippen molar-refractivity contribution in [3.05, 3.63) is 40.5 Å². The van der Waals surface area contributed by atoms with Gasteiger partial charge in [-0.2, -0.15) is 0 Å². The molecule has 0 unspecified atom stereocenters. The highest BCUT2D eigenvalue weighted by molar-refractivity contribution is 8.00. The molecule has 0 atom stereocenters. The van der Waals surface area contributed by atoms with E-state index < -0.39 is 11.7 Å². The maximum Gasteiger partial charge on any atom is 0.256 e. The van der Waals surface area contributed by atoms with Crippen molar-refractivity contribution in [2.45, 2.75) is 11.3 Å². The van der Waals surface area contributed by atoms with E-state index in [0.717, 1.165) is 0 Å². The molecule has 0 radical (unpaired) electrons. The van der Waals surface area contributed by atoms with E-state index in [4.69, 9.17) is 0 Å².